The zero-order valence-electron chi connectivity index (χ0n) is 6.85. The summed E-state index contributed by atoms with van der Waals surface area (Å²) in [6.07, 6.45) is 2.24. The first-order valence-electron chi connectivity index (χ1n) is 4.13. The average molecular weight is 144 g/mol. The molecule has 2 saturated heterocycles. The molecule has 0 unspecified atom stereocenters. The molecule has 1 spiro atoms. The fourth-order valence-corrected chi connectivity index (χ4v) is 1.13. The van der Waals surface area contributed by atoms with Crippen molar-refractivity contribution in [1.29, 1.82) is 0 Å². The maximum absolute atomic E-state index is 5.26. The van der Waals surface area contributed by atoms with E-state index in [0.29, 0.717) is 5.60 Å². The third-order valence-electron chi connectivity index (χ3n) is 1.96. The lowest BCUT2D eigenvalue weighted by molar-refractivity contribution is 0.0494. The third kappa shape index (κ3) is 1.70. The van der Waals surface area contributed by atoms with E-state index in [1.807, 2.05) is 13.8 Å². The number of hydrogen-bond acceptors (Lipinski definition) is 2. The highest BCUT2D eigenvalue weighted by molar-refractivity contribution is 4.93. The average Bonchev–Trinajstić information content (AvgIpc) is 2.75. The van der Waals surface area contributed by atoms with E-state index in [0.717, 1.165) is 32.7 Å². The van der Waals surface area contributed by atoms with Crippen LogP contribution in [0.2, 0.25) is 0 Å². The Balaban J connectivity index is 0.000000231. The zero-order valence-corrected chi connectivity index (χ0v) is 6.85. The molecule has 2 heteroatoms. The van der Waals surface area contributed by atoms with Gasteiger partial charge < -0.3 is 9.47 Å². The fraction of sp³-hybridized carbons (Fsp3) is 1.00. The van der Waals surface area contributed by atoms with Crippen LogP contribution in [0.15, 0.2) is 0 Å². The molecule has 0 N–H and O–H groups in total. The molecule has 2 nitrogen and oxygen atoms in total. The minimum absolute atomic E-state index is 0.304. The van der Waals surface area contributed by atoms with Gasteiger partial charge in [-0.2, -0.15) is 0 Å². The number of rotatable bonds is 0. The fourth-order valence-electron chi connectivity index (χ4n) is 1.13. The van der Waals surface area contributed by atoms with Crippen LogP contribution in [0.4, 0.5) is 0 Å². The lowest BCUT2D eigenvalue weighted by Crippen LogP contribution is -2.22. The van der Waals surface area contributed by atoms with Crippen molar-refractivity contribution >= 4 is 0 Å². The van der Waals surface area contributed by atoms with Crippen LogP contribution >= 0.6 is 0 Å². The van der Waals surface area contributed by atoms with Crippen molar-refractivity contribution in [2.75, 3.05) is 19.8 Å². The highest BCUT2D eigenvalue weighted by atomic mass is 16.6. The van der Waals surface area contributed by atoms with Gasteiger partial charge in [-0.15, -0.1) is 0 Å². The van der Waals surface area contributed by atoms with Crippen LogP contribution in [0.3, 0.4) is 0 Å². The molecular weight excluding hydrogens is 128 g/mol. The summed E-state index contributed by atoms with van der Waals surface area (Å²) in [6.45, 7) is 6.79. The van der Waals surface area contributed by atoms with Crippen LogP contribution in [0, 0.1) is 0 Å². The summed E-state index contributed by atoms with van der Waals surface area (Å²) in [7, 11) is 0. The van der Waals surface area contributed by atoms with E-state index in [2.05, 4.69) is 0 Å². The summed E-state index contributed by atoms with van der Waals surface area (Å²) < 4.78 is 10.4. The van der Waals surface area contributed by atoms with Crippen LogP contribution in [0.5, 0.6) is 0 Å². The van der Waals surface area contributed by atoms with Gasteiger partial charge in [0.1, 0.15) is 0 Å². The molecule has 60 valence electrons. The molecule has 10 heavy (non-hydrogen) atoms. The molecule has 0 aliphatic carbocycles. The monoisotopic (exact) mass is 144 g/mol. The summed E-state index contributed by atoms with van der Waals surface area (Å²) in [5, 5.41) is 0. The Kier molecular flexibility index (Phi) is 2.69. The maximum atomic E-state index is 5.26. The molecule has 2 aliphatic heterocycles. The SMILES string of the molecule is C1CC2(CCO1)CO2.CC. The van der Waals surface area contributed by atoms with Crippen LogP contribution in [-0.2, 0) is 9.47 Å². The van der Waals surface area contributed by atoms with Gasteiger partial charge in [0.25, 0.3) is 0 Å². The predicted octanol–water partition coefficient (Wildman–Crippen LogP) is 1.59. The van der Waals surface area contributed by atoms with E-state index >= 15 is 0 Å². The van der Waals surface area contributed by atoms with Gasteiger partial charge in [0, 0.05) is 26.1 Å². The normalized spacial score (nSPS) is 27.0. The Morgan fingerprint density at radius 2 is 1.60 bits per heavy atom. The second-order valence-corrected chi connectivity index (χ2v) is 2.58. The van der Waals surface area contributed by atoms with Gasteiger partial charge in [-0.05, 0) is 0 Å². The van der Waals surface area contributed by atoms with Crippen LogP contribution in [0.1, 0.15) is 26.7 Å². The molecule has 2 aliphatic rings. The molecule has 0 aromatic carbocycles. The number of hydrogen-bond donors (Lipinski definition) is 0. The number of epoxide rings is 1. The largest absolute Gasteiger partial charge is 0.381 e. The number of ether oxygens (including phenoxy) is 2. The Labute approximate surface area is 62.5 Å². The van der Waals surface area contributed by atoms with E-state index in [1.165, 1.54) is 0 Å². The maximum Gasteiger partial charge on any atom is 0.0960 e. The van der Waals surface area contributed by atoms with E-state index in [9.17, 15) is 0 Å². The topological polar surface area (TPSA) is 21.8 Å². The molecule has 2 fully saturated rings. The van der Waals surface area contributed by atoms with Crippen molar-refractivity contribution in [3.8, 4) is 0 Å². The Bertz CT molecular complexity index is 89.4. The van der Waals surface area contributed by atoms with E-state index in [1.54, 1.807) is 0 Å². The van der Waals surface area contributed by atoms with Gasteiger partial charge in [0.15, 0.2) is 0 Å². The van der Waals surface area contributed by atoms with Crippen molar-refractivity contribution in [3.63, 3.8) is 0 Å². The smallest absolute Gasteiger partial charge is 0.0960 e. The lowest BCUT2D eigenvalue weighted by atomic mass is 10.0. The van der Waals surface area contributed by atoms with Gasteiger partial charge in [-0.3, -0.25) is 0 Å². The first-order chi connectivity index (χ1) is 4.91. The Morgan fingerprint density at radius 1 is 1.10 bits per heavy atom. The highest BCUT2D eigenvalue weighted by Gasteiger charge is 2.45. The van der Waals surface area contributed by atoms with Gasteiger partial charge in [0.2, 0.25) is 0 Å². The molecule has 2 heterocycles. The summed E-state index contributed by atoms with van der Waals surface area (Å²) in [6, 6.07) is 0. The second-order valence-electron chi connectivity index (χ2n) is 2.58. The quantitative estimate of drug-likeness (QED) is 0.481. The molecule has 0 amide bonds. The summed E-state index contributed by atoms with van der Waals surface area (Å²) in [5.41, 5.74) is 0.304. The van der Waals surface area contributed by atoms with Gasteiger partial charge in [-0.25, -0.2) is 0 Å². The van der Waals surface area contributed by atoms with Crippen molar-refractivity contribution in [2.24, 2.45) is 0 Å². The van der Waals surface area contributed by atoms with Crippen molar-refractivity contribution in [1.82, 2.24) is 0 Å². The van der Waals surface area contributed by atoms with E-state index < -0.39 is 0 Å². The molecule has 2 rings (SSSR count). The van der Waals surface area contributed by atoms with E-state index in [-0.39, 0.29) is 0 Å². The van der Waals surface area contributed by atoms with Crippen LogP contribution in [-0.4, -0.2) is 25.4 Å². The lowest BCUT2D eigenvalue weighted by Gasteiger charge is -2.17. The molecule has 0 bridgehead atoms. The van der Waals surface area contributed by atoms with Crippen molar-refractivity contribution in [3.05, 3.63) is 0 Å². The molecule has 0 aromatic rings. The Morgan fingerprint density at radius 3 is 1.90 bits per heavy atom. The highest BCUT2D eigenvalue weighted by Crippen LogP contribution is 2.36. The molecule has 0 saturated carbocycles. The Hall–Kier alpha value is -0.0800. The standard InChI is InChI=1S/C6H10O2.C2H6/c1-3-7-4-2-6(1)5-8-6;1-2/h1-5H2;1-2H3. The van der Waals surface area contributed by atoms with Crippen LogP contribution in [0.25, 0.3) is 0 Å². The zero-order chi connectivity index (χ0) is 7.45. The minimum atomic E-state index is 0.304. The molecule has 0 aromatic heterocycles. The predicted molar refractivity (Wildman–Crippen MR) is 40.1 cm³/mol. The second kappa shape index (κ2) is 3.35. The van der Waals surface area contributed by atoms with E-state index in [4.69, 9.17) is 9.47 Å². The van der Waals surface area contributed by atoms with Crippen LogP contribution < -0.4 is 0 Å². The van der Waals surface area contributed by atoms with Crippen molar-refractivity contribution in [2.45, 2.75) is 32.3 Å². The first kappa shape index (κ1) is 8.02. The van der Waals surface area contributed by atoms with Crippen molar-refractivity contribution < 1.29 is 9.47 Å². The third-order valence-corrected chi connectivity index (χ3v) is 1.96. The minimum Gasteiger partial charge on any atom is -0.381 e. The van der Waals surface area contributed by atoms with Gasteiger partial charge in [0.05, 0.1) is 12.2 Å². The summed E-state index contributed by atoms with van der Waals surface area (Å²) >= 11 is 0. The molecule has 0 atom stereocenters. The summed E-state index contributed by atoms with van der Waals surface area (Å²) in [4.78, 5) is 0. The summed E-state index contributed by atoms with van der Waals surface area (Å²) in [5.74, 6) is 0. The molecular formula is C8H16O2. The van der Waals surface area contributed by atoms with Gasteiger partial charge in [-0.1, -0.05) is 13.8 Å². The van der Waals surface area contributed by atoms with Gasteiger partial charge >= 0.3 is 0 Å². The first-order valence-corrected chi connectivity index (χ1v) is 4.13. The molecule has 0 radical (unpaired) electrons.